The third-order valence-corrected chi connectivity index (χ3v) is 9.50. The Morgan fingerprint density at radius 3 is 2.92 bits per heavy atom. The summed E-state index contributed by atoms with van der Waals surface area (Å²) >= 11 is 5.08. The maximum atomic E-state index is 14.1. The second-order valence-corrected chi connectivity index (χ2v) is 12.9. The Morgan fingerprint density at radius 1 is 1.35 bits per heavy atom. The summed E-state index contributed by atoms with van der Waals surface area (Å²) < 4.78 is 39.3. The lowest BCUT2D eigenvalue weighted by Crippen LogP contribution is -2.36. The molecule has 2 unspecified atom stereocenters. The summed E-state index contributed by atoms with van der Waals surface area (Å²) in [5.74, 6) is -0.399. The van der Waals surface area contributed by atoms with Crippen LogP contribution in [0, 0.1) is 5.82 Å². The summed E-state index contributed by atoms with van der Waals surface area (Å²) in [7, 11) is 0. The fraction of sp³-hybridized carbons (Fsp3) is 0.519. The van der Waals surface area contributed by atoms with Crippen molar-refractivity contribution in [1.82, 2.24) is 24.8 Å². The molecule has 13 heteroatoms. The van der Waals surface area contributed by atoms with Gasteiger partial charge in [0.05, 0.1) is 36.9 Å². The van der Waals surface area contributed by atoms with Crippen molar-refractivity contribution in [3.05, 3.63) is 68.1 Å². The lowest BCUT2D eigenvalue weighted by atomic mass is 10.1. The molecular formula is C27H33ClFN7O3S. The zero-order valence-electron chi connectivity index (χ0n) is 22.8. The van der Waals surface area contributed by atoms with Crippen LogP contribution in [0.5, 0.6) is 0 Å². The van der Waals surface area contributed by atoms with Gasteiger partial charge in [0.1, 0.15) is 32.6 Å². The van der Waals surface area contributed by atoms with Crippen molar-refractivity contribution in [2.45, 2.75) is 76.9 Å². The van der Waals surface area contributed by atoms with Crippen LogP contribution in [-0.2, 0) is 35.6 Å². The molecule has 0 amide bonds. The predicted molar refractivity (Wildman–Crippen MR) is 153 cm³/mol. The average Bonchev–Trinajstić information content (AvgIpc) is 3.36. The summed E-state index contributed by atoms with van der Waals surface area (Å²) in [6.07, 6.45) is 6.71. The van der Waals surface area contributed by atoms with E-state index >= 15 is 0 Å². The van der Waals surface area contributed by atoms with Crippen LogP contribution in [-0.4, -0.2) is 53.4 Å². The second-order valence-electron chi connectivity index (χ2n) is 10.7. The van der Waals surface area contributed by atoms with Gasteiger partial charge in [-0.05, 0) is 57.2 Å². The van der Waals surface area contributed by atoms with Crippen LogP contribution in [0.25, 0.3) is 0 Å². The molecule has 40 heavy (non-hydrogen) atoms. The van der Waals surface area contributed by atoms with E-state index in [-0.39, 0.29) is 16.8 Å². The first kappa shape index (κ1) is 28.7. The third kappa shape index (κ3) is 5.95. The van der Waals surface area contributed by atoms with Crippen LogP contribution in [0.3, 0.4) is 0 Å². The summed E-state index contributed by atoms with van der Waals surface area (Å²) in [5.41, 5.74) is 3.24. The maximum absolute atomic E-state index is 14.1. The van der Waals surface area contributed by atoms with Crippen molar-refractivity contribution in [2.24, 2.45) is 4.40 Å². The predicted octanol–water partition coefficient (Wildman–Crippen LogP) is 4.21. The number of hydrogen-bond acceptors (Lipinski definition) is 8. The molecule has 2 aliphatic heterocycles. The first-order valence-electron chi connectivity index (χ1n) is 13.5. The van der Waals surface area contributed by atoms with Crippen LogP contribution in [0.2, 0.25) is 5.02 Å². The van der Waals surface area contributed by atoms with Crippen LogP contribution in [0.1, 0.15) is 75.2 Å². The number of nitrogens with zero attached hydrogens (tertiary/aromatic N) is 7. The van der Waals surface area contributed by atoms with Crippen LogP contribution < -0.4 is 10.5 Å². The van der Waals surface area contributed by atoms with E-state index in [2.05, 4.69) is 19.8 Å². The zero-order chi connectivity index (χ0) is 28.4. The quantitative estimate of drug-likeness (QED) is 0.286. The number of halogens is 2. The molecule has 2 aliphatic rings. The number of ether oxygens (including phenoxy) is 1. The standard InChI is InChI=1S/C27H33ClFN7O3S/c1-4-27(2,3)40(38)31-14-19-13-20(29)9-8-18(19)16-35-22-10-11-34(17-21(22)32-33-35)23-15-30-36(26(37)25(23)28)24-7-5-6-12-39-24/h8-9,13-15,24H,4-7,10-12,16-17H2,1-3H3/b31-14-. The lowest BCUT2D eigenvalue weighted by molar-refractivity contribution is -0.0424. The molecule has 10 nitrogen and oxygen atoms in total. The van der Waals surface area contributed by atoms with E-state index < -0.39 is 21.9 Å². The molecule has 3 aromatic rings. The number of aromatic nitrogens is 5. The Balaban J connectivity index is 1.34. The molecule has 1 fully saturated rings. The largest absolute Gasteiger partial charge is 0.591 e. The van der Waals surface area contributed by atoms with Gasteiger partial charge in [0.2, 0.25) is 0 Å². The minimum Gasteiger partial charge on any atom is -0.591 e. The number of anilines is 1. The van der Waals surface area contributed by atoms with Crippen molar-refractivity contribution < 1.29 is 13.7 Å². The normalized spacial score (nSPS) is 18.8. The molecule has 214 valence electrons. The molecule has 1 saturated heterocycles. The van der Waals surface area contributed by atoms with Crippen molar-refractivity contribution in [3.63, 3.8) is 0 Å². The molecule has 2 atom stereocenters. The summed E-state index contributed by atoms with van der Waals surface area (Å²) in [5, 5.41) is 13.2. The Kier molecular flexibility index (Phi) is 8.60. The highest BCUT2D eigenvalue weighted by Crippen LogP contribution is 2.29. The maximum Gasteiger partial charge on any atom is 0.290 e. The van der Waals surface area contributed by atoms with E-state index in [0.717, 1.165) is 36.2 Å². The van der Waals surface area contributed by atoms with Gasteiger partial charge in [-0.1, -0.05) is 34.2 Å². The topological polar surface area (TPSA) is 113 Å². The minimum absolute atomic E-state index is 0.110. The molecule has 0 spiro atoms. The zero-order valence-corrected chi connectivity index (χ0v) is 24.4. The van der Waals surface area contributed by atoms with Gasteiger partial charge in [0.25, 0.3) is 5.56 Å². The van der Waals surface area contributed by atoms with Crippen LogP contribution in [0.4, 0.5) is 10.1 Å². The Bertz CT molecular complexity index is 1450. The van der Waals surface area contributed by atoms with Crippen molar-refractivity contribution >= 4 is 34.9 Å². The molecule has 0 N–H and O–H groups in total. The molecule has 2 aromatic heterocycles. The van der Waals surface area contributed by atoms with Gasteiger partial charge in [-0.15, -0.1) is 5.10 Å². The molecule has 0 saturated carbocycles. The fourth-order valence-corrected chi connectivity index (χ4v) is 5.74. The first-order chi connectivity index (χ1) is 19.2. The SMILES string of the molecule is CCC(C)(C)[S+]([O-])/N=C\c1cc(F)ccc1Cn1nnc2c1CCN(c1cnn(C3CCCCO3)c(=O)c1Cl)C2. The van der Waals surface area contributed by atoms with Gasteiger partial charge in [0.15, 0.2) is 6.23 Å². The van der Waals surface area contributed by atoms with E-state index in [1.165, 1.54) is 23.0 Å². The molecule has 4 heterocycles. The lowest BCUT2D eigenvalue weighted by Gasteiger charge is -2.29. The van der Waals surface area contributed by atoms with Gasteiger partial charge in [-0.2, -0.15) is 9.78 Å². The van der Waals surface area contributed by atoms with Crippen molar-refractivity contribution in [3.8, 4) is 0 Å². The number of benzene rings is 1. The number of hydrogen-bond donors (Lipinski definition) is 0. The van der Waals surface area contributed by atoms with E-state index in [0.29, 0.717) is 50.3 Å². The third-order valence-electron chi connectivity index (χ3n) is 7.61. The molecule has 0 radical (unpaired) electrons. The first-order valence-corrected chi connectivity index (χ1v) is 15.0. The van der Waals surface area contributed by atoms with E-state index in [4.69, 9.17) is 16.3 Å². The number of rotatable bonds is 8. The van der Waals surface area contributed by atoms with Gasteiger partial charge in [0, 0.05) is 25.1 Å². The van der Waals surface area contributed by atoms with Crippen LogP contribution >= 0.6 is 11.6 Å². The van der Waals surface area contributed by atoms with Crippen LogP contribution in [0.15, 0.2) is 33.6 Å². The van der Waals surface area contributed by atoms with E-state index in [1.54, 1.807) is 16.9 Å². The van der Waals surface area contributed by atoms with E-state index in [9.17, 15) is 13.7 Å². The van der Waals surface area contributed by atoms with Gasteiger partial charge in [-0.3, -0.25) is 4.79 Å². The summed E-state index contributed by atoms with van der Waals surface area (Å²) in [6.45, 7) is 7.70. The molecular weight excluding hydrogens is 557 g/mol. The second kappa shape index (κ2) is 12.0. The fourth-order valence-electron chi connectivity index (χ4n) is 4.74. The Hall–Kier alpha value is -2.80. The number of fused-ring (bicyclic) bond motifs is 1. The highest BCUT2D eigenvalue weighted by atomic mass is 35.5. The monoisotopic (exact) mass is 589 g/mol. The molecule has 5 rings (SSSR count). The average molecular weight is 590 g/mol. The van der Waals surface area contributed by atoms with Gasteiger partial charge >= 0.3 is 0 Å². The molecule has 1 aromatic carbocycles. The van der Waals surface area contributed by atoms with Gasteiger partial charge in [-0.25, -0.2) is 9.07 Å². The summed E-state index contributed by atoms with van der Waals surface area (Å²) in [6, 6.07) is 4.46. The molecule has 0 aliphatic carbocycles. The summed E-state index contributed by atoms with van der Waals surface area (Å²) in [4.78, 5) is 15.0. The highest BCUT2D eigenvalue weighted by Gasteiger charge is 2.30. The van der Waals surface area contributed by atoms with Gasteiger partial charge < -0.3 is 14.2 Å². The van der Waals surface area contributed by atoms with Crippen molar-refractivity contribution in [2.75, 3.05) is 18.1 Å². The molecule has 0 bridgehead atoms. The van der Waals surface area contributed by atoms with Crippen molar-refractivity contribution in [1.29, 1.82) is 0 Å². The Morgan fingerprint density at radius 2 is 2.17 bits per heavy atom. The Labute approximate surface area is 240 Å². The van der Waals surface area contributed by atoms with E-state index in [1.807, 2.05) is 25.7 Å². The minimum atomic E-state index is -1.46. The highest BCUT2D eigenvalue weighted by molar-refractivity contribution is 7.91. The smallest absolute Gasteiger partial charge is 0.290 e.